The van der Waals surface area contributed by atoms with Gasteiger partial charge >= 0.3 is 0 Å². The van der Waals surface area contributed by atoms with Gasteiger partial charge in [0, 0.05) is 11.8 Å². The molecule has 130 valence electrons. The van der Waals surface area contributed by atoms with E-state index in [1.807, 2.05) is 60.5 Å². The fourth-order valence-corrected chi connectivity index (χ4v) is 3.23. The third kappa shape index (κ3) is 2.48. The zero-order chi connectivity index (χ0) is 17.5. The van der Waals surface area contributed by atoms with Crippen LogP contribution in [0.4, 0.5) is 0 Å². The van der Waals surface area contributed by atoms with Crippen molar-refractivity contribution in [1.82, 2.24) is 24.4 Å². The molecule has 0 fully saturated rings. The van der Waals surface area contributed by atoms with Crippen molar-refractivity contribution in [3.05, 3.63) is 60.2 Å². The molecule has 1 aromatic carbocycles. The minimum absolute atomic E-state index is 0.566. The highest BCUT2D eigenvalue weighted by molar-refractivity contribution is 5.67. The first-order valence-electron chi connectivity index (χ1n) is 8.50. The molecular weight excluding hydrogens is 330 g/mol. The van der Waals surface area contributed by atoms with E-state index in [4.69, 9.17) is 9.47 Å². The van der Waals surface area contributed by atoms with Crippen LogP contribution >= 0.6 is 0 Å². The molecule has 0 radical (unpaired) electrons. The van der Waals surface area contributed by atoms with E-state index in [9.17, 15) is 0 Å². The Balaban J connectivity index is 1.47. The number of nitrogens with zero attached hydrogens (tertiary/aromatic N) is 5. The van der Waals surface area contributed by atoms with Gasteiger partial charge in [-0.1, -0.05) is 11.3 Å². The summed E-state index contributed by atoms with van der Waals surface area (Å²) < 4.78 is 15.2. The summed E-state index contributed by atoms with van der Waals surface area (Å²) in [6.45, 7) is 3.79. The third-order valence-electron chi connectivity index (χ3n) is 4.52. The molecule has 5 rings (SSSR count). The molecule has 0 unspecified atom stereocenters. The monoisotopic (exact) mass is 347 g/mol. The van der Waals surface area contributed by atoms with Crippen LogP contribution in [0.3, 0.4) is 0 Å². The number of benzene rings is 1. The lowest BCUT2D eigenvalue weighted by Crippen LogP contribution is -2.15. The number of aryl methyl sites for hydroxylation is 1. The summed E-state index contributed by atoms with van der Waals surface area (Å²) in [5.41, 5.74) is 4.87. The van der Waals surface area contributed by atoms with Gasteiger partial charge in [-0.25, -0.2) is 9.67 Å². The number of hydrogen-bond acceptors (Lipinski definition) is 5. The molecule has 1 aliphatic heterocycles. The van der Waals surface area contributed by atoms with Gasteiger partial charge in [0.05, 0.1) is 24.6 Å². The largest absolute Gasteiger partial charge is 0.486 e. The number of pyridine rings is 1. The first-order chi connectivity index (χ1) is 12.8. The Morgan fingerprint density at radius 3 is 2.85 bits per heavy atom. The van der Waals surface area contributed by atoms with Crippen LogP contribution in [0.5, 0.6) is 11.5 Å². The maximum absolute atomic E-state index is 5.69. The fourth-order valence-electron chi connectivity index (χ4n) is 3.23. The van der Waals surface area contributed by atoms with Gasteiger partial charge in [-0.05, 0) is 36.8 Å². The Labute approximate surface area is 149 Å². The topological polar surface area (TPSA) is 66.5 Å². The molecule has 0 N–H and O–H groups in total. The molecule has 0 saturated heterocycles. The summed E-state index contributed by atoms with van der Waals surface area (Å²) >= 11 is 0. The Morgan fingerprint density at radius 1 is 1.12 bits per heavy atom. The summed E-state index contributed by atoms with van der Waals surface area (Å²) in [5, 5.41) is 8.62. The van der Waals surface area contributed by atoms with E-state index < -0.39 is 0 Å². The normalized spacial score (nSPS) is 13.3. The lowest BCUT2D eigenvalue weighted by atomic mass is 10.1. The van der Waals surface area contributed by atoms with Crippen molar-refractivity contribution in [3.8, 4) is 22.8 Å². The molecule has 7 nitrogen and oxygen atoms in total. The van der Waals surface area contributed by atoms with Crippen LogP contribution in [0.2, 0.25) is 0 Å². The molecule has 4 heterocycles. The maximum Gasteiger partial charge on any atom is 0.162 e. The highest BCUT2D eigenvalue weighted by Gasteiger charge is 2.17. The van der Waals surface area contributed by atoms with Crippen LogP contribution in [0.25, 0.3) is 16.9 Å². The summed E-state index contributed by atoms with van der Waals surface area (Å²) in [6.07, 6.45) is 5.81. The minimum Gasteiger partial charge on any atom is -0.486 e. The molecule has 0 saturated carbocycles. The van der Waals surface area contributed by atoms with E-state index in [1.54, 1.807) is 0 Å². The van der Waals surface area contributed by atoms with Crippen LogP contribution in [0.1, 0.15) is 11.3 Å². The van der Waals surface area contributed by atoms with Crippen molar-refractivity contribution in [3.63, 3.8) is 0 Å². The Kier molecular flexibility index (Phi) is 3.38. The molecule has 0 spiro atoms. The fraction of sp³-hybridized carbons (Fsp3) is 0.211. The molecular formula is C19H17N5O2. The highest BCUT2D eigenvalue weighted by Crippen LogP contribution is 2.36. The van der Waals surface area contributed by atoms with E-state index in [-0.39, 0.29) is 0 Å². The first kappa shape index (κ1) is 14.9. The lowest BCUT2D eigenvalue weighted by molar-refractivity contribution is 0.171. The van der Waals surface area contributed by atoms with E-state index in [2.05, 4.69) is 19.7 Å². The van der Waals surface area contributed by atoms with Crippen molar-refractivity contribution >= 4 is 5.65 Å². The standard InChI is InChI=1S/C19H17N5O2/c1-13-8-17-18(26-7-6-25-17)9-15(13)16-12-23(22-21-16)11-14-10-20-19-4-2-3-5-24(14)19/h2-5,8-10,12H,6-7,11H2,1H3. The third-order valence-corrected chi connectivity index (χ3v) is 4.52. The SMILES string of the molecule is Cc1cc2c(cc1-c1cn(Cc3cnc4ccccn34)nn1)OCCO2. The van der Waals surface area contributed by atoms with Gasteiger partial charge in [0.2, 0.25) is 0 Å². The predicted molar refractivity (Wildman–Crippen MR) is 95.5 cm³/mol. The molecule has 1 aliphatic rings. The van der Waals surface area contributed by atoms with Gasteiger partial charge in [0.15, 0.2) is 11.5 Å². The van der Waals surface area contributed by atoms with E-state index >= 15 is 0 Å². The van der Waals surface area contributed by atoms with E-state index in [1.165, 1.54) is 0 Å². The number of fused-ring (bicyclic) bond motifs is 2. The summed E-state index contributed by atoms with van der Waals surface area (Å²) in [4.78, 5) is 4.41. The molecule has 3 aromatic heterocycles. The molecule has 0 atom stereocenters. The van der Waals surface area contributed by atoms with E-state index in [0.717, 1.165) is 39.7 Å². The second-order valence-corrected chi connectivity index (χ2v) is 6.29. The van der Waals surface area contributed by atoms with Crippen molar-refractivity contribution < 1.29 is 9.47 Å². The van der Waals surface area contributed by atoms with Crippen LogP contribution in [-0.4, -0.2) is 37.6 Å². The number of ether oxygens (including phenoxy) is 2. The summed E-state index contributed by atoms with van der Waals surface area (Å²) in [7, 11) is 0. The smallest absolute Gasteiger partial charge is 0.162 e. The van der Waals surface area contributed by atoms with Crippen LogP contribution in [0.15, 0.2) is 48.9 Å². The van der Waals surface area contributed by atoms with Crippen LogP contribution in [0, 0.1) is 6.92 Å². The number of hydrogen-bond donors (Lipinski definition) is 0. The lowest BCUT2D eigenvalue weighted by Gasteiger charge is -2.19. The van der Waals surface area contributed by atoms with Crippen LogP contribution in [-0.2, 0) is 6.54 Å². The highest BCUT2D eigenvalue weighted by atomic mass is 16.6. The van der Waals surface area contributed by atoms with E-state index in [0.29, 0.717) is 19.8 Å². The quantitative estimate of drug-likeness (QED) is 0.570. The van der Waals surface area contributed by atoms with Crippen LogP contribution < -0.4 is 9.47 Å². The summed E-state index contributed by atoms with van der Waals surface area (Å²) in [5.74, 6) is 1.55. The minimum atomic E-state index is 0.566. The van der Waals surface area contributed by atoms with Gasteiger partial charge in [0.25, 0.3) is 0 Å². The summed E-state index contributed by atoms with van der Waals surface area (Å²) in [6, 6.07) is 9.92. The predicted octanol–water partition coefficient (Wildman–Crippen LogP) is 2.72. The molecule has 0 aliphatic carbocycles. The van der Waals surface area contributed by atoms with Gasteiger partial charge in [0.1, 0.15) is 24.6 Å². The first-order valence-corrected chi connectivity index (χ1v) is 8.50. The number of imidazole rings is 1. The van der Waals surface area contributed by atoms with Crippen molar-refractivity contribution in [2.24, 2.45) is 0 Å². The average Bonchev–Trinajstić information content (AvgIpc) is 3.29. The molecule has 7 heteroatoms. The average molecular weight is 347 g/mol. The Bertz CT molecular complexity index is 1100. The zero-order valence-electron chi connectivity index (χ0n) is 14.3. The molecule has 26 heavy (non-hydrogen) atoms. The number of rotatable bonds is 3. The number of aromatic nitrogens is 5. The molecule has 4 aromatic rings. The zero-order valence-corrected chi connectivity index (χ0v) is 14.3. The maximum atomic E-state index is 5.69. The van der Waals surface area contributed by atoms with Gasteiger partial charge in [-0.3, -0.25) is 0 Å². The van der Waals surface area contributed by atoms with Gasteiger partial charge in [-0.2, -0.15) is 0 Å². The van der Waals surface area contributed by atoms with Crippen molar-refractivity contribution in [1.29, 1.82) is 0 Å². The Morgan fingerprint density at radius 2 is 1.96 bits per heavy atom. The van der Waals surface area contributed by atoms with Crippen molar-refractivity contribution in [2.45, 2.75) is 13.5 Å². The van der Waals surface area contributed by atoms with Gasteiger partial charge < -0.3 is 13.9 Å². The van der Waals surface area contributed by atoms with Crippen molar-refractivity contribution in [2.75, 3.05) is 13.2 Å². The second-order valence-electron chi connectivity index (χ2n) is 6.29. The Hall–Kier alpha value is -3.35. The van der Waals surface area contributed by atoms with Gasteiger partial charge in [-0.15, -0.1) is 5.10 Å². The molecule has 0 bridgehead atoms. The molecule has 0 amide bonds. The second kappa shape index (κ2) is 5.87.